The largest absolute Gasteiger partial charge is 0.480 e. The molecule has 2 aromatic rings. The Kier molecular flexibility index (Phi) is 8.26. The Morgan fingerprint density at radius 2 is 1.74 bits per heavy atom. The Balaban J connectivity index is 1.58. The lowest BCUT2D eigenvalue weighted by molar-refractivity contribution is -0.142. The highest BCUT2D eigenvalue weighted by atomic mass is 35.5. The van der Waals surface area contributed by atoms with Crippen molar-refractivity contribution in [2.75, 3.05) is 24.7 Å². The highest BCUT2D eigenvalue weighted by Crippen LogP contribution is 2.30. The van der Waals surface area contributed by atoms with Crippen LogP contribution in [-0.4, -0.2) is 36.9 Å². The molecule has 6 nitrogen and oxygen atoms in total. The summed E-state index contributed by atoms with van der Waals surface area (Å²) in [5.41, 5.74) is 0.967. The number of ether oxygens (including phenoxy) is 1. The van der Waals surface area contributed by atoms with E-state index in [1.165, 1.54) is 17.0 Å². The number of carbonyl (C=O) groups is 2. The van der Waals surface area contributed by atoms with Crippen LogP contribution in [0.5, 0.6) is 0 Å². The third kappa shape index (κ3) is 6.94. The van der Waals surface area contributed by atoms with Gasteiger partial charge in [-0.15, -0.1) is 0 Å². The van der Waals surface area contributed by atoms with Crippen molar-refractivity contribution in [2.24, 2.45) is 11.8 Å². The monoisotopic (exact) mass is 448 g/mol. The van der Waals surface area contributed by atoms with E-state index < -0.39 is 11.8 Å². The number of carbonyl (C=O) groups excluding carboxylic acids is 1. The molecule has 8 heteroatoms. The van der Waals surface area contributed by atoms with Gasteiger partial charge in [-0.25, -0.2) is 14.0 Å². The first-order valence-electron chi connectivity index (χ1n) is 10.3. The van der Waals surface area contributed by atoms with Crippen LogP contribution in [0.1, 0.15) is 25.7 Å². The third-order valence-corrected chi connectivity index (χ3v) is 5.63. The van der Waals surface area contributed by atoms with Crippen molar-refractivity contribution in [1.29, 1.82) is 0 Å². The number of nitrogens with zero attached hydrogens (tertiary/aromatic N) is 1. The number of amides is 2. The van der Waals surface area contributed by atoms with Gasteiger partial charge in [0.2, 0.25) is 0 Å². The zero-order valence-electron chi connectivity index (χ0n) is 17.1. The molecule has 0 bridgehead atoms. The van der Waals surface area contributed by atoms with Crippen LogP contribution in [0.2, 0.25) is 5.02 Å². The van der Waals surface area contributed by atoms with Crippen LogP contribution >= 0.6 is 11.6 Å². The van der Waals surface area contributed by atoms with Crippen LogP contribution in [0.3, 0.4) is 0 Å². The Bertz CT molecular complexity index is 868. The molecule has 0 unspecified atom stereocenters. The van der Waals surface area contributed by atoms with E-state index in [2.05, 4.69) is 5.32 Å². The number of benzene rings is 2. The number of hydrogen-bond donors (Lipinski definition) is 2. The molecule has 0 heterocycles. The zero-order valence-corrected chi connectivity index (χ0v) is 17.9. The van der Waals surface area contributed by atoms with Crippen molar-refractivity contribution in [3.8, 4) is 0 Å². The molecule has 0 aromatic heterocycles. The quantitative estimate of drug-likeness (QED) is 0.579. The van der Waals surface area contributed by atoms with E-state index in [4.69, 9.17) is 21.4 Å². The number of urea groups is 1. The molecular formula is C23H26ClFN2O4. The zero-order chi connectivity index (χ0) is 22.2. The maximum Gasteiger partial charge on any atom is 0.329 e. The predicted molar refractivity (Wildman–Crippen MR) is 117 cm³/mol. The minimum atomic E-state index is -0.959. The number of hydrogen-bond acceptors (Lipinski definition) is 3. The first kappa shape index (κ1) is 23.0. The topological polar surface area (TPSA) is 78.9 Å². The van der Waals surface area contributed by atoms with Crippen LogP contribution in [-0.2, 0) is 9.53 Å². The molecule has 2 N–H and O–H groups in total. The van der Waals surface area contributed by atoms with E-state index >= 15 is 0 Å². The highest BCUT2D eigenvalue weighted by Gasteiger charge is 2.24. The van der Waals surface area contributed by atoms with E-state index in [0.29, 0.717) is 36.4 Å². The first-order chi connectivity index (χ1) is 14.9. The molecule has 2 amide bonds. The van der Waals surface area contributed by atoms with Crippen molar-refractivity contribution in [1.82, 2.24) is 5.32 Å². The predicted octanol–water partition coefficient (Wildman–Crippen LogP) is 5.23. The first-order valence-corrected chi connectivity index (χ1v) is 10.7. The summed E-state index contributed by atoms with van der Waals surface area (Å²) in [6.45, 7) is 0.691. The van der Waals surface area contributed by atoms with Gasteiger partial charge in [0.05, 0.1) is 18.0 Å². The molecular weight excluding hydrogens is 423 g/mol. The Labute approximate surface area is 186 Å². The summed E-state index contributed by atoms with van der Waals surface area (Å²) in [7, 11) is 0. The van der Waals surface area contributed by atoms with Crippen molar-refractivity contribution < 1.29 is 23.8 Å². The van der Waals surface area contributed by atoms with Gasteiger partial charge in [-0.05, 0) is 67.9 Å². The fourth-order valence-electron chi connectivity index (χ4n) is 3.85. The van der Waals surface area contributed by atoms with Crippen LogP contribution < -0.4 is 10.2 Å². The summed E-state index contributed by atoms with van der Waals surface area (Å²) >= 11 is 6.01. The molecule has 0 atom stereocenters. The summed E-state index contributed by atoms with van der Waals surface area (Å²) in [4.78, 5) is 25.0. The molecule has 166 valence electrons. The minimum Gasteiger partial charge on any atom is -0.480 e. The SMILES string of the molecule is O=C(O)COCC1CCC(CNC(=O)N(c2ccccc2)c2cc(F)cc(Cl)c2)CC1. The molecule has 0 radical (unpaired) electrons. The summed E-state index contributed by atoms with van der Waals surface area (Å²) in [6, 6.07) is 12.7. The van der Waals surface area contributed by atoms with Crippen LogP contribution in [0.25, 0.3) is 0 Å². The Morgan fingerprint density at radius 1 is 1.06 bits per heavy atom. The smallest absolute Gasteiger partial charge is 0.329 e. The van der Waals surface area contributed by atoms with Gasteiger partial charge < -0.3 is 15.2 Å². The molecule has 3 rings (SSSR count). The summed E-state index contributed by atoms with van der Waals surface area (Å²) in [5.74, 6) is -0.798. The highest BCUT2D eigenvalue weighted by molar-refractivity contribution is 6.31. The maximum atomic E-state index is 13.9. The van der Waals surface area contributed by atoms with Crippen LogP contribution in [0, 0.1) is 17.7 Å². The summed E-state index contributed by atoms with van der Waals surface area (Å²) in [5, 5.41) is 11.8. The van der Waals surface area contributed by atoms with Crippen molar-refractivity contribution in [2.45, 2.75) is 25.7 Å². The number of aliphatic carboxylic acids is 1. The standard InChI is InChI=1S/C23H26ClFN2O4/c24-18-10-19(25)12-21(11-18)27(20-4-2-1-3-5-20)23(30)26-13-16-6-8-17(9-7-16)14-31-15-22(28)29/h1-5,10-12,16-17H,6-9,13-15H2,(H,26,30)(H,28,29). The molecule has 0 spiro atoms. The van der Waals surface area contributed by atoms with E-state index in [-0.39, 0.29) is 17.7 Å². The number of rotatable bonds is 8. The number of carboxylic acid groups (broad SMARTS) is 1. The lowest BCUT2D eigenvalue weighted by Gasteiger charge is -2.29. The van der Waals surface area contributed by atoms with E-state index in [0.717, 1.165) is 25.7 Å². The fraction of sp³-hybridized carbons (Fsp3) is 0.391. The second-order valence-corrected chi connectivity index (χ2v) is 8.22. The van der Waals surface area contributed by atoms with Crippen LogP contribution in [0.4, 0.5) is 20.6 Å². The molecule has 2 aromatic carbocycles. The lowest BCUT2D eigenvalue weighted by atomic mass is 9.82. The average molecular weight is 449 g/mol. The van der Waals surface area contributed by atoms with Gasteiger partial charge in [0.15, 0.2) is 0 Å². The van der Waals surface area contributed by atoms with Crippen molar-refractivity contribution in [3.63, 3.8) is 0 Å². The van der Waals surface area contributed by atoms with E-state index in [9.17, 15) is 14.0 Å². The second kappa shape index (κ2) is 11.1. The number of halogens is 2. The minimum absolute atomic E-state index is 0.215. The molecule has 1 saturated carbocycles. The molecule has 0 aliphatic heterocycles. The van der Waals surface area contributed by atoms with Gasteiger partial charge in [0.25, 0.3) is 0 Å². The summed E-state index contributed by atoms with van der Waals surface area (Å²) < 4.78 is 19.1. The van der Waals surface area contributed by atoms with Gasteiger partial charge in [-0.1, -0.05) is 29.8 Å². The van der Waals surface area contributed by atoms with Gasteiger partial charge in [-0.2, -0.15) is 0 Å². The molecule has 0 saturated heterocycles. The van der Waals surface area contributed by atoms with Gasteiger partial charge in [0, 0.05) is 11.6 Å². The van der Waals surface area contributed by atoms with E-state index in [1.807, 2.05) is 18.2 Å². The van der Waals surface area contributed by atoms with Gasteiger partial charge in [0.1, 0.15) is 12.4 Å². The lowest BCUT2D eigenvalue weighted by Crippen LogP contribution is -2.40. The van der Waals surface area contributed by atoms with Crippen molar-refractivity contribution >= 4 is 35.0 Å². The second-order valence-electron chi connectivity index (χ2n) is 7.78. The molecule has 1 aliphatic carbocycles. The summed E-state index contributed by atoms with van der Waals surface area (Å²) in [6.07, 6.45) is 3.72. The normalized spacial score (nSPS) is 18.4. The van der Waals surface area contributed by atoms with Crippen molar-refractivity contribution in [3.05, 3.63) is 59.4 Å². The molecule has 31 heavy (non-hydrogen) atoms. The fourth-order valence-corrected chi connectivity index (χ4v) is 4.07. The van der Waals surface area contributed by atoms with Crippen LogP contribution in [0.15, 0.2) is 48.5 Å². The number of anilines is 2. The van der Waals surface area contributed by atoms with Gasteiger partial charge >= 0.3 is 12.0 Å². The Hall–Kier alpha value is -2.64. The number of carboxylic acids is 1. The third-order valence-electron chi connectivity index (χ3n) is 5.41. The number of nitrogens with one attached hydrogen (secondary N) is 1. The molecule has 1 fully saturated rings. The number of para-hydroxylation sites is 1. The van der Waals surface area contributed by atoms with Gasteiger partial charge in [-0.3, -0.25) is 4.90 Å². The van der Waals surface area contributed by atoms with E-state index in [1.54, 1.807) is 18.2 Å². The average Bonchev–Trinajstić information content (AvgIpc) is 2.73. The maximum absolute atomic E-state index is 13.9. The Morgan fingerprint density at radius 3 is 2.39 bits per heavy atom. The molecule has 1 aliphatic rings.